The van der Waals surface area contributed by atoms with Crippen molar-refractivity contribution in [3.8, 4) is 0 Å². The van der Waals surface area contributed by atoms with Crippen molar-refractivity contribution in [2.75, 3.05) is 26.2 Å². The van der Waals surface area contributed by atoms with Gasteiger partial charge in [-0.3, -0.25) is 5.10 Å². The maximum absolute atomic E-state index is 12.2. The van der Waals surface area contributed by atoms with Crippen LogP contribution in [0.2, 0.25) is 0 Å². The summed E-state index contributed by atoms with van der Waals surface area (Å²) < 4.78 is 32.7. The third kappa shape index (κ3) is 4.50. The highest BCUT2D eigenvalue weighted by Gasteiger charge is 2.21. The lowest BCUT2D eigenvalue weighted by Gasteiger charge is -2.22. The molecular weight excluding hydrogens is 292 g/mol. The summed E-state index contributed by atoms with van der Waals surface area (Å²) in [6.07, 6.45) is 3.03. The van der Waals surface area contributed by atoms with Gasteiger partial charge in [-0.2, -0.15) is 5.10 Å². The third-order valence-electron chi connectivity index (χ3n) is 3.58. The van der Waals surface area contributed by atoms with Crippen LogP contribution in [-0.2, 0) is 14.8 Å². The molecule has 3 N–H and O–H groups in total. The fraction of sp³-hybridized carbons (Fsp3) is 0.769. The van der Waals surface area contributed by atoms with Crippen LogP contribution >= 0.6 is 0 Å². The number of nitrogens with one attached hydrogen (secondary N) is 3. The van der Waals surface area contributed by atoms with Crippen LogP contribution in [0.5, 0.6) is 0 Å². The largest absolute Gasteiger partial charge is 0.378 e. The Labute approximate surface area is 125 Å². The number of aromatic nitrogens is 2. The Morgan fingerprint density at radius 2 is 2.05 bits per heavy atom. The van der Waals surface area contributed by atoms with Gasteiger partial charge < -0.3 is 10.1 Å². The average molecular weight is 316 g/mol. The Morgan fingerprint density at radius 3 is 2.67 bits per heavy atom. The topological polar surface area (TPSA) is 96.1 Å². The summed E-state index contributed by atoms with van der Waals surface area (Å²) in [7, 11) is -3.49. The Morgan fingerprint density at radius 1 is 1.33 bits per heavy atom. The van der Waals surface area contributed by atoms with E-state index in [0.29, 0.717) is 37.1 Å². The van der Waals surface area contributed by atoms with Crippen molar-refractivity contribution >= 4 is 10.0 Å². The van der Waals surface area contributed by atoms with Gasteiger partial charge in [-0.1, -0.05) is 0 Å². The van der Waals surface area contributed by atoms with Gasteiger partial charge in [0.15, 0.2) is 0 Å². The van der Waals surface area contributed by atoms with E-state index in [0.717, 1.165) is 25.9 Å². The minimum atomic E-state index is -3.49. The number of piperidine rings is 1. The molecule has 7 nitrogen and oxygen atoms in total. The molecule has 120 valence electrons. The molecule has 2 heterocycles. The van der Waals surface area contributed by atoms with Crippen molar-refractivity contribution in [1.29, 1.82) is 0 Å². The first kappa shape index (κ1) is 16.4. The van der Waals surface area contributed by atoms with Gasteiger partial charge in [0.25, 0.3) is 0 Å². The molecule has 0 bridgehead atoms. The van der Waals surface area contributed by atoms with E-state index in [9.17, 15) is 8.42 Å². The lowest BCUT2D eigenvalue weighted by atomic mass is 10.1. The van der Waals surface area contributed by atoms with Crippen LogP contribution in [0.3, 0.4) is 0 Å². The molecule has 0 aliphatic carbocycles. The van der Waals surface area contributed by atoms with Crippen LogP contribution < -0.4 is 10.0 Å². The Balaban J connectivity index is 1.72. The summed E-state index contributed by atoms with van der Waals surface area (Å²) in [6.45, 7) is 6.33. The number of nitrogens with zero attached hydrogens (tertiary/aromatic N) is 1. The normalized spacial score (nSPS) is 17.2. The van der Waals surface area contributed by atoms with Gasteiger partial charge in [0.2, 0.25) is 10.0 Å². The number of hydrogen-bond donors (Lipinski definition) is 3. The van der Waals surface area contributed by atoms with Gasteiger partial charge in [0.05, 0.1) is 17.5 Å². The van der Waals surface area contributed by atoms with Gasteiger partial charge in [0, 0.05) is 13.2 Å². The first-order valence-electron chi connectivity index (χ1n) is 7.34. The molecule has 1 aromatic heterocycles. The quantitative estimate of drug-likeness (QED) is 0.635. The number of sulfonamides is 1. The molecule has 0 amide bonds. The van der Waals surface area contributed by atoms with Crippen LogP contribution in [0.4, 0.5) is 0 Å². The molecule has 0 saturated carbocycles. The highest BCUT2D eigenvalue weighted by molar-refractivity contribution is 7.89. The molecule has 0 unspecified atom stereocenters. The molecule has 0 radical (unpaired) electrons. The van der Waals surface area contributed by atoms with Crippen LogP contribution in [0, 0.1) is 13.8 Å². The molecule has 0 aromatic carbocycles. The Hall–Kier alpha value is -0.960. The second-order valence-electron chi connectivity index (χ2n) is 5.33. The van der Waals surface area contributed by atoms with Crippen LogP contribution in [0.25, 0.3) is 0 Å². The lowest BCUT2D eigenvalue weighted by molar-refractivity contribution is 0.0322. The lowest BCUT2D eigenvalue weighted by Crippen LogP contribution is -2.33. The highest BCUT2D eigenvalue weighted by atomic mass is 32.2. The van der Waals surface area contributed by atoms with Gasteiger partial charge in [0.1, 0.15) is 4.90 Å². The van der Waals surface area contributed by atoms with E-state index in [4.69, 9.17) is 4.74 Å². The molecule has 0 spiro atoms. The third-order valence-corrected chi connectivity index (χ3v) is 5.31. The zero-order chi connectivity index (χ0) is 15.3. The first-order chi connectivity index (χ1) is 10.0. The van der Waals surface area contributed by atoms with Crippen molar-refractivity contribution in [3.63, 3.8) is 0 Å². The standard InChI is InChI=1S/C13H24N4O3S/c1-10-13(11(2)17-16-10)21(18,19)15-6-3-9-20-12-4-7-14-8-5-12/h12,14-15H,3-9H2,1-2H3,(H,16,17). The van der Waals surface area contributed by atoms with Gasteiger partial charge in [-0.25, -0.2) is 13.1 Å². The minimum Gasteiger partial charge on any atom is -0.378 e. The monoisotopic (exact) mass is 316 g/mol. The van der Waals surface area contributed by atoms with Crippen LogP contribution in [0.15, 0.2) is 4.90 Å². The summed E-state index contributed by atoms with van der Waals surface area (Å²) in [6, 6.07) is 0. The van der Waals surface area contributed by atoms with E-state index in [1.54, 1.807) is 13.8 Å². The summed E-state index contributed by atoms with van der Waals surface area (Å²) in [5.41, 5.74) is 1.05. The molecule has 1 aromatic rings. The molecule has 1 aliphatic heterocycles. The van der Waals surface area contributed by atoms with Gasteiger partial charge in [-0.05, 0) is 46.2 Å². The Bertz CT molecular complexity index is 530. The molecule has 1 saturated heterocycles. The van der Waals surface area contributed by atoms with Crippen LogP contribution in [0.1, 0.15) is 30.7 Å². The van der Waals surface area contributed by atoms with E-state index in [1.165, 1.54) is 0 Å². The smallest absolute Gasteiger partial charge is 0.244 e. The van der Waals surface area contributed by atoms with E-state index in [2.05, 4.69) is 20.2 Å². The van der Waals surface area contributed by atoms with Gasteiger partial charge in [-0.15, -0.1) is 0 Å². The van der Waals surface area contributed by atoms with Crippen molar-refractivity contribution in [1.82, 2.24) is 20.2 Å². The van der Waals surface area contributed by atoms with E-state index < -0.39 is 10.0 Å². The average Bonchev–Trinajstić information content (AvgIpc) is 2.79. The molecule has 0 atom stereocenters. The van der Waals surface area contributed by atoms with E-state index >= 15 is 0 Å². The maximum Gasteiger partial charge on any atom is 0.244 e. The van der Waals surface area contributed by atoms with Crippen molar-refractivity contribution in [3.05, 3.63) is 11.4 Å². The molecular formula is C13H24N4O3S. The number of aromatic amines is 1. The van der Waals surface area contributed by atoms with E-state index in [1.807, 2.05) is 0 Å². The fourth-order valence-electron chi connectivity index (χ4n) is 2.50. The number of aryl methyl sites for hydroxylation is 2. The number of rotatable bonds is 7. The predicted octanol–water partition coefficient (Wildman–Crippen LogP) is 0.464. The SMILES string of the molecule is Cc1n[nH]c(C)c1S(=O)(=O)NCCCOC1CCNCC1. The molecule has 1 fully saturated rings. The first-order valence-corrected chi connectivity index (χ1v) is 8.82. The van der Waals surface area contributed by atoms with Crippen molar-refractivity contribution < 1.29 is 13.2 Å². The van der Waals surface area contributed by atoms with Crippen LogP contribution in [-0.4, -0.2) is 51.0 Å². The summed E-state index contributed by atoms with van der Waals surface area (Å²) in [5, 5.41) is 9.88. The molecule has 2 rings (SSSR count). The fourth-order valence-corrected chi connectivity index (χ4v) is 3.94. The van der Waals surface area contributed by atoms with E-state index in [-0.39, 0.29) is 4.90 Å². The summed E-state index contributed by atoms with van der Waals surface area (Å²) in [5.74, 6) is 0. The minimum absolute atomic E-state index is 0.252. The number of H-pyrrole nitrogens is 1. The molecule has 1 aliphatic rings. The number of hydrogen-bond acceptors (Lipinski definition) is 5. The van der Waals surface area contributed by atoms with Crippen molar-refractivity contribution in [2.24, 2.45) is 0 Å². The van der Waals surface area contributed by atoms with Crippen molar-refractivity contribution in [2.45, 2.75) is 44.1 Å². The van der Waals surface area contributed by atoms with Gasteiger partial charge >= 0.3 is 0 Å². The summed E-state index contributed by atoms with van der Waals surface area (Å²) in [4.78, 5) is 0.252. The predicted molar refractivity (Wildman–Crippen MR) is 79.7 cm³/mol. The Kier molecular flexibility index (Phi) is 5.74. The summed E-state index contributed by atoms with van der Waals surface area (Å²) >= 11 is 0. The zero-order valence-electron chi connectivity index (χ0n) is 12.6. The maximum atomic E-state index is 12.2. The zero-order valence-corrected chi connectivity index (χ0v) is 13.4. The second kappa shape index (κ2) is 7.35. The highest BCUT2D eigenvalue weighted by Crippen LogP contribution is 2.16. The number of ether oxygens (including phenoxy) is 1. The second-order valence-corrected chi connectivity index (χ2v) is 7.04. The molecule has 21 heavy (non-hydrogen) atoms. The molecule has 8 heteroatoms.